The third-order valence-electron chi connectivity index (χ3n) is 5.26. The summed E-state index contributed by atoms with van der Waals surface area (Å²) in [6.45, 7) is 1.00. The molecule has 3 aromatic rings. The van der Waals surface area contributed by atoms with Crippen LogP contribution in [0.3, 0.4) is 0 Å². The molecule has 2 amide bonds. The van der Waals surface area contributed by atoms with Crippen LogP contribution < -0.4 is 14.8 Å². The van der Waals surface area contributed by atoms with Gasteiger partial charge < -0.3 is 24.1 Å². The minimum Gasteiger partial charge on any atom is -0.497 e. The number of furan rings is 1. The zero-order valence-electron chi connectivity index (χ0n) is 17.3. The molecule has 0 radical (unpaired) electrons. The van der Waals surface area contributed by atoms with Crippen molar-refractivity contribution in [3.05, 3.63) is 47.7 Å². The van der Waals surface area contributed by atoms with Crippen molar-refractivity contribution >= 4 is 28.3 Å². The number of nitrogens with one attached hydrogen (secondary N) is 1. The van der Waals surface area contributed by atoms with Gasteiger partial charge in [-0.2, -0.15) is 0 Å². The number of methoxy groups -OCH3 is 2. The van der Waals surface area contributed by atoms with Crippen LogP contribution in [0.25, 0.3) is 11.3 Å². The first-order chi connectivity index (χ1) is 15.1. The molecule has 1 aromatic carbocycles. The summed E-state index contributed by atoms with van der Waals surface area (Å²) < 4.78 is 15.7. The fourth-order valence-electron chi connectivity index (χ4n) is 3.62. The van der Waals surface area contributed by atoms with E-state index in [-0.39, 0.29) is 17.7 Å². The molecule has 31 heavy (non-hydrogen) atoms. The molecule has 4 rings (SSSR count). The molecule has 1 N–H and O–H groups in total. The molecule has 0 aliphatic carbocycles. The Labute approximate surface area is 183 Å². The molecule has 1 saturated heterocycles. The molecular weight excluding hydrogens is 418 g/mol. The molecule has 1 aliphatic heterocycles. The summed E-state index contributed by atoms with van der Waals surface area (Å²) in [6.07, 6.45) is 4.39. The highest BCUT2D eigenvalue weighted by molar-refractivity contribution is 7.14. The van der Waals surface area contributed by atoms with Crippen molar-refractivity contribution in [2.45, 2.75) is 12.8 Å². The summed E-state index contributed by atoms with van der Waals surface area (Å²) >= 11 is 1.34. The Bertz CT molecular complexity index is 1060. The van der Waals surface area contributed by atoms with E-state index in [1.54, 1.807) is 25.2 Å². The van der Waals surface area contributed by atoms with E-state index < -0.39 is 0 Å². The molecule has 0 saturated carbocycles. The van der Waals surface area contributed by atoms with E-state index in [9.17, 15) is 9.59 Å². The van der Waals surface area contributed by atoms with Gasteiger partial charge in [0.1, 0.15) is 17.8 Å². The van der Waals surface area contributed by atoms with Crippen LogP contribution in [0.5, 0.6) is 11.5 Å². The van der Waals surface area contributed by atoms with Crippen LogP contribution in [-0.4, -0.2) is 49.0 Å². The molecule has 1 fully saturated rings. The van der Waals surface area contributed by atoms with Crippen LogP contribution in [0.1, 0.15) is 23.2 Å². The van der Waals surface area contributed by atoms with Gasteiger partial charge in [-0.15, -0.1) is 11.3 Å². The summed E-state index contributed by atoms with van der Waals surface area (Å²) in [5, 5.41) is 5.27. The van der Waals surface area contributed by atoms with Gasteiger partial charge >= 0.3 is 0 Å². The number of hydrogen-bond donors (Lipinski definition) is 1. The first kappa shape index (κ1) is 20.9. The molecule has 0 unspecified atom stereocenters. The quantitative estimate of drug-likeness (QED) is 0.623. The highest BCUT2D eigenvalue weighted by Gasteiger charge is 2.29. The van der Waals surface area contributed by atoms with Gasteiger partial charge in [0, 0.05) is 24.0 Å². The molecule has 8 nitrogen and oxygen atoms in total. The highest BCUT2D eigenvalue weighted by Crippen LogP contribution is 2.35. The van der Waals surface area contributed by atoms with Crippen LogP contribution >= 0.6 is 11.3 Å². The van der Waals surface area contributed by atoms with Crippen molar-refractivity contribution in [1.29, 1.82) is 0 Å². The first-order valence-electron chi connectivity index (χ1n) is 9.89. The maximum atomic E-state index is 12.8. The van der Waals surface area contributed by atoms with E-state index in [2.05, 4.69) is 10.3 Å². The lowest BCUT2D eigenvalue weighted by molar-refractivity contribution is -0.121. The second-order valence-electron chi connectivity index (χ2n) is 7.20. The number of thiazole rings is 1. The zero-order chi connectivity index (χ0) is 21.8. The number of amides is 2. The number of aromatic nitrogens is 1. The van der Waals surface area contributed by atoms with Crippen molar-refractivity contribution in [3.8, 4) is 22.8 Å². The Balaban J connectivity index is 1.44. The molecule has 1 aliphatic rings. The fourth-order valence-corrected chi connectivity index (χ4v) is 4.33. The summed E-state index contributed by atoms with van der Waals surface area (Å²) in [5.74, 6) is 0.822. The van der Waals surface area contributed by atoms with Gasteiger partial charge in [-0.05, 0) is 37.1 Å². The Morgan fingerprint density at radius 1 is 1.26 bits per heavy atom. The minimum absolute atomic E-state index is 0.118. The molecule has 0 spiro atoms. The lowest BCUT2D eigenvalue weighted by atomic mass is 9.97. The van der Waals surface area contributed by atoms with Gasteiger partial charge in [0.05, 0.1) is 37.7 Å². The van der Waals surface area contributed by atoms with Crippen LogP contribution in [0, 0.1) is 5.92 Å². The lowest BCUT2D eigenvalue weighted by Crippen LogP contribution is -2.43. The lowest BCUT2D eigenvalue weighted by Gasteiger charge is -2.31. The minimum atomic E-state index is -0.289. The third kappa shape index (κ3) is 4.56. The van der Waals surface area contributed by atoms with E-state index in [1.165, 1.54) is 23.9 Å². The second-order valence-corrected chi connectivity index (χ2v) is 8.05. The van der Waals surface area contributed by atoms with Gasteiger partial charge in [-0.25, -0.2) is 4.98 Å². The third-order valence-corrected chi connectivity index (χ3v) is 6.02. The molecule has 3 heterocycles. The van der Waals surface area contributed by atoms with E-state index in [1.807, 2.05) is 23.6 Å². The van der Waals surface area contributed by atoms with Crippen molar-refractivity contribution < 1.29 is 23.5 Å². The topological polar surface area (TPSA) is 93.9 Å². The van der Waals surface area contributed by atoms with Crippen molar-refractivity contribution in [2.24, 2.45) is 5.92 Å². The molecule has 2 aromatic heterocycles. The maximum Gasteiger partial charge on any atom is 0.257 e. The van der Waals surface area contributed by atoms with Crippen molar-refractivity contribution in [2.75, 3.05) is 32.6 Å². The number of nitrogens with zero attached hydrogens (tertiary/aromatic N) is 2. The van der Waals surface area contributed by atoms with Gasteiger partial charge in [-0.1, -0.05) is 0 Å². The number of likely N-dealkylation sites (tertiary alicyclic amines) is 1. The largest absolute Gasteiger partial charge is 0.497 e. The van der Waals surface area contributed by atoms with Gasteiger partial charge in [0.25, 0.3) is 5.91 Å². The normalized spacial score (nSPS) is 16.1. The molecule has 9 heteroatoms. The first-order valence-corrected chi connectivity index (χ1v) is 10.8. The number of carbonyl (C=O) groups excluding carboxylic acids is 2. The Kier molecular flexibility index (Phi) is 6.22. The standard InChI is InChI=1S/C22H23N3O5S/c1-28-16-5-6-19(29-2)17(10-16)18-13-31-22(23-18)24-20(26)14-4-3-8-25(11-14)21(27)15-7-9-30-12-15/h5-7,9-10,12-14H,3-4,8,11H2,1-2H3,(H,23,24,26)/t14-/m0/s1. The Morgan fingerprint density at radius 3 is 2.87 bits per heavy atom. The SMILES string of the molecule is COc1ccc(OC)c(-c2csc(NC(=O)[C@H]3CCCN(C(=O)c4ccoc4)C3)n2)c1. The monoisotopic (exact) mass is 441 g/mol. The van der Waals surface area contributed by atoms with E-state index in [4.69, 9.17) is 13.9 Å². The highest BCUT2D eigenvalue weighted by atomic mass is 32.1. The van der Waals surface area contributed by atoms with Gasteiger partial charge in [0.15, 0.2) is 5.13 Å². The fraction of sp³-hybridized carbons (Fsp3) is 0.318. The number of hydrogen-bond acceptors (Lipinski definition) is 7. The number of rotatable bonds is 6. The smallest absolute Gasteiger partial charge is 0.257 e. The number of carbonyl (C=O) groups is 2. The van der Waals surface area contributed by atoms with Crippen LogP contribution in [0.2, 0.25) is 0 Å². The summed E-state index contributed by atoms with van der Waals surface area (Å²) in [5.41, 5.74) is 1.97. The van der Waals surface area contributed by atoms with E-state index >= 15 is 0 Å². The van der Waals surface area contributed by atoms with Crippen molar-refractivity contribution in [3.63, 3.8) is 0 Å². The van der Waals surface area contributed by atoms with Crippen LogP contribution in [0.4, 0.5) is 5.13 Å². The number of ether oxygens (including phenoxy) is 2. The molecule has 162 valence electrons. The summed E-state index contributed by atoms with van der Waals surface area (Å²) in [6, 6.07) is 7.12. The van der Waals surface area contributed by atoms with Crippen LogP contribution in [-0.2, 0) is 4.79 Å². The molecular formula is C22H23N3O5S. The summed E-state index contributed by atoms with van der Waals surface area (Å²) in [7, 11) is 3.20. The summed E-state index contributed by atoms with van der Waals surface area (Å²) in [4.78, 5) is 31.7. The van der Waals surface area contributed by atoms with E-state index in [0.29, 0.717) is 41.0 Å². The predicted octanol–water partition coefficient (Wildman–Crippen LogP) is 3.91. The second kappa shape index (κ2) is 9.22. The number of piperidine rings is 1. The Hall–Kier alpha value is -3.33. The number of benzene rings is 1. The molecule has 0 bridgehead atoms. The number of anilines is 1. The predicted molar refractivity (Wildman–Crippen MR) is 117 cm³/mol. The Morgan fingerprint density at radius 2 is 2.13 bits per heavy atom. The van der Waals surface area contributed by atoms with Gasteiger partial charge in [0.2, 0.25) is 5.91 Å². The maximum absolute atomic E-state index is 12.8. The van der Waals surface area contributed by atoms with Gasteiger partial charge in [-0.3, -0.25) is 9.59 Å². The molecule has 1 atom stereocenters. The zero-order valence-corrected chi connectivity index (χ0v) is 18.1. The van der Waals surface area contributed by atoms with Crippen molar-refractivity contribution in [1.82, 2.24) is 9.88 Å². The average molecular weight is 442 g/mol. The average Bonchev–Trinajstić information content (AvgIpc) is 3.51. The van der Waals surface area contributed by atoms with Crippen LogP contribution in [0.15, 0.2) is 46.6 Å². The van der Waals surface area contributed by atoms with E-state index in [0.717, 1.165) is 18.4 Å².